The van der Waals surface area contributed by atoms with Crippen LogP contribution in [-0.2, 0) is 16.1 Å². The van der Waals surface area contributed by atoms with Crippen LogP contribution in [0.25, 0.3) is 0 Å². The van der Waals surface area contributed by atoms with Crippen LogP contribution in [-0.4, -0.2) is 33.6 Å². The van der Waals surface area contributed by atoms with Crippen LogP contribution in [0.1, 0.15) is 19.0 Å². The summed E-state index contributed by atoms with van der Waals surface area (Å²) >= 11 is 5.81. The smallest absolute Gasteiger partial charge is 0.308 e. The fourth-order valence-corrected chi connectivity index (χ4v) is 1.43. The number of esters is 1. The summed E-state index contributed by atoms with van der Waals surface area (Å²) in [4.78, 5) is 11.1. The van der Waals surface area contributed by atoms with Crippen molar-refractivity contribution in [3.8, 4) is 0 Å². The van der Waals surface area contributed by atoms with E-state index in [-0.39, 0.29) is 13.0 Å². The van der Waals surface area contributed by atoms with Gasteiger partial charge < -0.3 is 9.84 Å². The van der Waals surface area contributed by atoms with Crippen molar-refractivity contribution in [2.75, 3.05) is 6.61 Å². The molecule has 0 saturated heterocycles. The Hall–Kier alpha value is -1.07. The Morgan fingerprint density at radius 1 is 1.75 bits per heavy atom. The molecule has 0 saturated carbocycles. The van der Waals surface area contributed by atoms with E-state index in [0.29, 0.717) is 17.3 Å². The normalized spacial score (nSPS) is 12.5. The second-order valence-electron chi connectivity index (χ2n) is 3.45. The Bertz CT molecular complexity index is 345. The van der Waals surface area contributed by atoms with Crippen molar-refractivity contribution >= 4 is 17.6 Å². The molecule has 1 aromatic heterocycles. The lowest BCUT2D eigenvalue weighted by atomic mass is 10.2. The highest BCUT2D eigenvalue weighted by Gasteiger charge is 2.13. The van der Waals surface area contributed by atoms with E-state index in [9.17, 15) is 9.90 Å². The van der Waals surface area contributed by atoms with Crippen LogP contribution in [0, 0.1) is 6.92 Å². The molecule has 0 bridgehead atoms. The Morgan fingerprint density at radius 3 is 2.94 bits per heavy atom. The molecule has 16 heavy (non-hydrogen) atoms. The van der Waals surface area contributed by atoms with Crippen LogP contribution >= 0.6 is 11.6 Å². The topological polar surface area (TPSA) is 64.3 Å². The maximum Gasteiger partial charge on any atom is 0.308 e. The molecule has 0 fully saturated rings. The quantitative estimate of drug-likeness (QED) is 0.792. The van der Waals surface area contributed by atoms with E-state index in [4.69, 9.17) is 16.3 Å². The third-order valence-electron chi connectivity index (χ3n) is 1.99. The molecule has 1 N–H and O–H groups in total. The standard InChI is InChI=1S/C10H15ClN2O3/c1-3-16-10(15)4-8(14)5-13-6-9(11)7(2)12-13/h6,8,14H,3-5H2,1-2H3. The van der Waals surface area contributed by atoms with Gasteiger partial charge in [-0.2, -0.15) is 5.10 Å². The zero-order valence-corrected chi connectivity index (χ0v) is 10.1. The van der Waals surface area contributed by atoms with E-state index >= 15 is 0 Å². The molecule has 0 aromatic carbocycles. The molecule has 1 rings (SSSR count). The van der Waals surface area contributed by atoms with E-state index in [1.54, 1.807) is 20.0 Å². The number of hydrogen-bond donors (Lipinski definition) is 1. The molecule has 0 aliphatic carbocycles. The SMILES string of the molecule is CCOC(=O)CC(O)Cn1cc(Cl)c(C)n1. The van der Waals surface area contributed by atoms with Gasteiger partial charge in [0, 0.05) is 6.20 Å². The Labute approximate surface area is 99.0 Å². The van der Waals surface area contributed by atoms with Gasteiger partial charge in [0.25, 0.3) is 0 Å². The summed E-state index contributed by atoms with van der Waals surface area (Å²) in [5, 5.41) is 14.2. The van der Waals surface area contributed by atoms with Gasteiger partial charge in [-0.1, -0.05) is 11.6 Å². The molecule has 1 unspecified atom stereocenters. The highest BCUT2D eigenvalue weighted by atomic mass is 35.5. The third-order valence-corrected chi connectivity index (χ3v) is 2.36. The lowest BCUT2D eigenvalue weighted by Gasteiger charge is -2.09. The van der Waals surface area contributed by atoms with E-state index in [1.165, 1.54) is 4.68 Å². The average Bonchev–Trinajstić information content (AvgIpc) is 2.45. The third kappa shape index (κ3) is 3.83. The lowest BCUT2D eigenvalue weighted by Crippen LogP contribution is -2.21. The van der Waals surface area contributed by atoms with Crippen LogP contribution in [0.2, 0.25) is 5.02 Å². The Balaban J connectivity index is 2.45. The van der Waals surface area contributed by atoms with Gasteiger partial charge in [-0.3, -0.25) is 9.48 Å². The Kier molecular flexibility index (Phi) is 4.76. The van der Waals surface area contributed by atoms with Gasteiger partial charge in [-0.25, -0.2) is 0 Å². The molecular formula is C10H15ClN2O3. The van der Waals surface area contributed by atoms with Crippen LogP contribution in [0.15, 0.2) is 6.20 Å². The number of carbonyl (C=O) groups is 1. The maximum absolute atomic E-state index is 11.1. The first-order valence-electron chi connectivity index (χ1n) is 5.06. The monoisotopic (exact) mass is 246 g/mol. The van der Waals surface area contributed by atoms with E-state index in [2.05, 4.69) is 5.10 Å². The molecule has 90 valence electrons. The van der Waals surface area contributed by atoms with Crippen LogP contribution < -0.4 is 0 Å². The van der Waals surface area contributed by atoms with Crippen molar-refractivity contribution in [3.05, 3.63) is 16.9 Å². The molecule has 0 spiro atoms. The minimum atomic E-state index is -0.811. The van der Waals surface area contributed by atoms with E-state index in [0.717, 1.165) is 0 Å². The number of carbonyl (C=O) groups excluding carboxylic acids is 1. The molecule has 0 aliphatic rings. The number of aryl methyl sites for hydroxylation is 1. The van der Waals surface area contributed by atoms with Crippen molar-refractivity contribution in [3.63, 3.8) is 0 Å². The fraction of sp³-hybridized carbons (Fsp3) is 0.600. The summed E-state index contributed by atoms with van der Waals surface area (Å²) in [6, 6.07) is 0. The van der Waals surface area contributed by atoms with Gasteiger partial charge in [0.15, 0.2) is 0 Å². The highest BCUT2D eigenvalue weighted by molar-refractivity contribution is 6.31. The summed E-state index contributed by atoms with van der Waals surface area (Å²) in [6.07, 6.45) is 0.768. The van der Waals surface area contributed by atoms with Crippen LogP contribution in [0.3, 0.4) is 0 Å². The zero-order valence-electron chi connectivity index (χ0n) is 9.31. The Morgan fingerprint density at radius 2 is 2.44 bits per heavy atom. The van der Waals surface area contributed by atoms with E-state index < -0.39 is 12.1 Å². The van der Waals surface area contributed by atoms with Crippen LogP contribution in [0.4, 0.5) is 0 Å². The summed E-state index contributed by atoms with van der Waals surface area (Å²) < 4.78 is 6.24. The average molecular weight is 247 g/mol. The predicted molar refractivity (Wildman–Crippen MR) is 59.2 cm³/mol. The van der Waals surface area contributed by atoms with Gasteiger partial charge in [-0.05, 0) is 13.8 Å². The molecule has 0 aliphatic heterocycles. The number of aliphatic hydroxyl groups is 1. The first kappa shape index (κ1) is 13.0. The highest BCUT2D eigenvalue weighted by Crippen LogP contribution is 2.12. The number of halogens is 1. The minimum absolute atomic E-state index is 0.0373. The van der Waals surface area contributed by atoms with Crippen molar-refractivity contribution in [2.45, 2.75) is 32.9 Å². The summed E-state index contributed by atoms with van der Waals surface area (Å²) in [5.41, 5.74) is 0.699. The summed E-state index contributed by atoms with van der Waals surface area (Å²) in [7, 11) is 0. The van der Waals surface area contributed by atoms with Crippen molar-refractivity contribution < 1.29 is 14.6 Å². The second kappa shape index (κ2) is 5.86. The van der Waals surface area contributed by atoms with Gasteiger partial charge in [0.2, 0.25) is 0 Å². The molecule has 5 nitrogen and oxygen atoms in total. The lowest BCUT2D eigenvalue weighted by molar-refractivity contribution is -0.145. The molecule has 0 radical (unpaired) electrons. The molecular weight excluding hydrogens is 232 g/mol. The van der Waals surface area contributed by atoms with Crippen molar-refractivity contribution in [1.82, 2.24) is 9.78 Å². The maximum atomic E-state index is 11.1. The zero-order chi connectivity index (χ0) is 12.1. The fourth-order valence-electron chi connectivity index (χ4n) is 1.28. The first-order valence-corrected chi connectivity index (χ1v) is 5.44. The number of aromatic nitrogens is 2. The van der Waals surface area contributed by atoms with Gasteiger partial charge in [0.1, 0.15) is 0 Å². The van der Waals surface area contributed by atoms with Crippen molar-refractivity contribution in [2.24, 2.45) is 0 Å². The van der Waals surface area contributed by atoms with Gasteiger partial charge in [0.05, 0.1) is 36.4 Å². The van der Waals surface area contributed by atoms with E-state index in [1.807, 2.05) is 0 Å². The molecule has 0 amide bonds. The number of hydrogen-bond acceptors (Lipinski definition) is 4. The number of nitrogens with zero attached hydrogens (tertiary/aromatic N) is 2. The van der Waals surface area contributed by atoms with Gasteiger partial charge in [-0.15, -0.1) is 0 Å². The first-order chi connectivity index (χ1) is 7.52. The minimum Gasteiger partial charge on any atom is -0.466 e. The number of aliphatic hydroxyl groups excluding tert-OH is 1. The summed E-state index contributed by atoms with van der Waals surface area (Å²) in [6.45, 7) is 4.04. The van der Waals surface area contributed by atoms with Crippen LogP contribution in [0.5, 0.6) is 0 Å². The molecule has 6 heteroatoms. The molecule has 1 aromatic rings. The molecule has 1 atom stereocenters. The number of ether oxygens (including phenoxy) is 1. The predicted octanol–water partition coefficient (Wildman–Crippen LogP) is 1.16. The molecule has 1 heterocycles. The largest absolute Gasteiger partial charge is 0.466 e. The van der Waals surface area contributed by atoms with Crippen molar-refractivity contribution in [1.29, 1.82) is 0 Å². The van der Waals surface area contributed by atoms with Gasteiger partial charge >= 0.3 is 5.97 Å². The number of rotatable bonds is 5. The summed E-state index contributed by atoms with van der Waals surface area (Å²) in [5.74, 6) is -0.412. The second-order valence-corrected chi connectivity index (χ2v) is 3.85.